The third-order valence-electron chi connectivity index (χ3n) is 2.75. The lowest BCUT2D eigenvalue weighted by Crippen LogP contribution is -2.35. The number of thioether (sulfide) groups is 1. The molecule has 0 radical (unpaired) electrons. The number of fused-ring (bicyclic) bond motifs is 1. The first-order valence-corrected chi connectivity index (χ1v) is 9.03. The van der Waals surface area contributed by atoms with Gasteiger partial charge >= 0.3 is 0 Å². The lowest BCUT2D eigenvalue weighted by atomic mass is 10.4. The number of pyridine rings is 1. The van der Waals surface area contributed by atoms with E-state index in [0.29, 0.717) is 17.2 Å². The van der Waals surface area contributed by atoms with E-state index in [4.69, 9.17) is 0 Å². The summed E-state index contributed by atoms with van der Waals surface area (Å²) in [5.41, 5.74) is 0.592. The van der Waals surface area contributed by atoms with Crippen molar-refractivity contribution < 1.29 is 8.42 Å². The second-order valence-corrected chi connectivity index (χ2v) is 6.96. The van der Waals surface area contributed by atoms with Gasteiger partial charge in [0, 0.05) is 25.0 Å². The molecule has 110 valence electrons. The zero-order valence-electron chi connectivity index (χ0n) is 11.6. The molecule has 0 aliphatic heterocycles. The molecule has 0 saturated carbocycles. The van der Waals surface area contributed by atoms with Gasteiger partial charge in [-0.2, -0.15) is 11.8 Å². The molecule has 20 heavy (non-hydrogen) atoms. The monoisotopic (exact) mass is 314 g/mol. The highest BCUT2D eigenvalue weighted by atomic mass is 32.2. The van der Waals surface area contributed by atoms with E-state index in [1.807, 2.05) is 19.2 Å². The van der Waals surface area contributed by atoms with E-state index in [1.165, 1.54) is 0 Å². The fraction of sp³-hybridized carbons (Fsp3) is 0.417. The highest BCUT2D eigenvalue weighted by Gasteiger charge is 2.26. The van der Waals surface area contributed by atoms with Crippen molar-refractivity contribution >= 4 is 33.3 Å². The molecule has 0 saturated heterocycles. The minimum atomic E-state index is -3.63. The summed E-state index contributed by atoms with van der Waals surface area (Å²) in [5.74, 6) is 1.06. The summed E-state index contributed by atoms with van der Waals surface area (Å²) in [7, 11) is -1.97. The molecule has 0 aromatic carbocycles. The molecule has 0 aliphatic rings. The van der Waals surface area contributed by atoms with E-state index in [-0.39, 0.29) is 11.1 Å². The Kier molecular flexibility index (Phi) is 4.56. The number of hydrogen-bond acceptors (Lipinski definition) is 5. The van der Waals surface area contributed by atoms with Gasteiger partial charge in [-0.25, -0.2) is 18.1 Å². The third kappa shape index (κ3) is 2.92. The van der Waals surface area contributed by atoms with Gasteiger partial charge in [-0.15, -0.1) is 0 Å². The number of anilines is 1. The quantitative estimate of drug-likeness (QED) is 0.843. The molecule has 0 fully saturated rings. The maximum absolute atomic E-state index is 12.6. The van der Waals surface area contributed by atoms with Crippen LogP contribution in [0.2, 0.25) is 0 Å². The maximum atomic E-state index is 12.6. The van der Waals surface area contributed by atoms with Gasteiger partial charge in [-0.1, -0.05) is 6.07 Å². The summed E-state index contributed by atoms with van der Waals surface area (Å²) in [6.07, 6.45) is 3.63. The predicted molar refractivity (Wildman–Crippen MR) is 82.9 cm³/mol. The van der Waals surface area contributed by atoms with Gasteiger partial charge in [0.25, 0.3) is 10.0 Å². The van der Waals surface area contributed by atoms with Gasteiger partial charge in [0.05, 0.1) is 0 Å². The molecule has 6 nitrogen and oxygen atoms in total. The Bertz CT molecular complexity index is 697. The van der Waals surface area contributed by atoms with Crippen molar-refractivity contribution in [3.05, 3.63) is 24.4 Å². The van der Waals surface area contributed by atoms with Crippen LogP contribution in [0.15, 0.2) is 29.4 Å². The summed E-state index contributed by atoms with van der Waals surface area (Å²) < 4.78 is 29.3. The Morgan fingerprint density at radius 2 is 2.20 bits per heavy atom. The van der Waals surface area contributed by atoms with Crippen LogP contribution in [0.4, 0.5) is 5.82 Å². The second kappa shape index (κ2) is 6.02. The lowest BCUT2D eigenvalue weighted by Gasteiger charge is -2.13. The van der Waals surface area contributed by atoms with Crippen LogP contribution in [-0.2, 0) is 10.0 Å². The smallest absolute Gasteiger partial charge is 0.260 e. The topological polar surface area (TPSA) is 75.5 Å². The average molecular weight is 314 g/mol. The fourth-order valence-corrected chi connectivity index (χ4v) is 4.23. The van der Waals surface area contributed by atoms with Crippen LogP contribution in [-0.4, -0.2) is 42.9 Å². The third-order valence-corrected chi connectivity index (χ3v) is 5.20. The van der Waals surface area contributed by atoms with Crippen molar-refractivity contribution in [2.24, 2.45) is 0 Å². The number of aromatic nitrogens is 2. The highest BCUT2D eigenvalue weighted by Crippen LogP contribution is 2.22. The minimum absolute atomic E-state index is 0.142. The molecule has 2 rings (SSSR count). The molecular weight excluding hydrogens is 296 g/mol. The lowest BCUT2D eigenvalue weighted by molar-refractivity contribution is 0.566. The number of nitrogens with zero attached hydrogens (tertiary/aromatic N) is 2. The van der Waals surface area contributed by atoms with E-state index in [9.17, 15) is 8.42 Å². The van der Waals surface area contributed by atoms with Crippen molar-refractivity contribution in [1.82, 2.24) is 14.1 Å². The summed E-state index contributed by atoms with van der Waals surface area (Å²) in [6, 6.07) is 5.22. The zero-order valence-corrected chi connectivity index (χ0v) is 13.3. The first kappa shape index (κ1) is 15.1. The second-order valence-electron chi connectivity index (χ2n) is 4.42. The van der Waals surface area contributed by atoms with E-state index >= 15 is 0 Å². The van der Waals surface area contributed by atoms with Crippen molar-refractivity contribution in [3.8, 4) is 0 Å². The van der Waals surface area contributed by atoms with E-state index in [2.05, 4.69) is 15.0 Å². The standard InChI is InChI=1S/C12H18N4O2S2/c1-9(8-19-3)15-20(17,18)12-11(13-2)14-10-6-4-5-7-16(10)12/h4-7,9,13,15H,8H2,1-3H3. The van der Waals surface area contributed by atoms with E-state index in [0.717, 1.165) is 0 Å². The van der Waals surface area contributed by atoms with Crippen molar-refractivity contribution in [3.63, 3.8) is 0 Å². The Balaban J connectivity index is 2.50. The summed E-state index contributed by atoms with van der Waals surface area (Å²) >= 11 is 1.60. The Morgan fingerprint density at radius 1 is 1.45 bits per heavy atom. The van der Waals surface area contributed by atoms with Crippen molar-refractivity contribution in [2.75, 3.05) is 24.4 Å². The van der Waals surface area contributed by atoms with Gasteiger partial charge < -0.3 is 5.32 Å². The van der Waals surface area contributed by atoms with Crippen LogP contribution in [0.25, 0.3) is 5.65 Å². The van der Waals surface area contributed by atoms with E-state index < -0.39 is 10.0 Å². The van der Waals surface area contributed by atoms with Crippen LogP contribution in [0.1, 0.15) is 6.92 Å². The summed E-state index contributed by atoms with van der Waals surface area (Å²) in [5, 5.41) is 2.98. The van der Waals surface area contributed by atoms with Gasteiger partial charge in [0.2, 0.25) is 0 Å². The number of sulfonamides is 1. The van der Waals surface area contributed by atoms with Crippen LogP contribution in [0.3, 0.4) is 0 Å². The van der Waals surface area contributed by atoms with Crippen molar-refractivity contribution in [1.29, 1.82) is 0 Å². The summed E-state index contributed by atoms with van der Waals surface area (Å²) in [4.78, 5) is 4.28. The molecule has 1 unspecified atom stereocenters. The SMILES string of the molecule is CNc1nc2ccccn2c1S(=O)(=O)NC(C)CSC. The molecule has 2 heterocycles. The number of rotatable bonds is 6. The molecule has 1 atom stereocenters. The van der Waals surface area contributed by atoms with E-state index in [1.54, 1.807) is 41.5 Å². The van der Waals surface area contributed by atoms with Crippen LogP contribution in [0, 0.1) is 0 Å². The normalized spacial score (nSPS) is 13.6. The zero-order chi connectivity index (χ0) is 14.8. The highest BCUT2D eigenvalue weighted by molar-refractivity contribution is 7.98. The predicted octanol–water partition coefficient (Wildman–Crippen LogP) is 1.41. The largest absolute Gasteiger partial charge is 0.371 e. The molecule has 8 heteroatoms. The molecule has 2 N–H and O–H groups in total. The maximum Gasteiger partial charge on any atom is 0.260 e. The molecule has 0 aliphatic carbocycles. The first-order valence-electron chi connectivity index (χ1n) is 6.15. The van der Waals surface area contributed by atoms with Gasteiger partial charge in [-0.05, 0) is 25.3 Å². The van der Waals surface area contributed by atoms with Gasteiger partial charge in [-0.3, -0.25) is 4.40 Å². The molecule has 2 aromatic heterocycles. The first-order chi connectivity index (χ1) is 9.49. The minimum Gasteiger partial charge on any atom is -0.371 e. The summed E-state index contributed by atoms with van der Waals surface area (Å²) in [6.45, 7) is 1.84. The molecular formula is C12H18N4O2S2. The molecule has 2 aromatic rings. The van der Waals surface area contributed by atoms with Crippen LogP contribution in [0.5, 0.6) is 0 Å². The number of imidazole rings is 1. The number of nitrogens with one attached hydrogen (secondary N) is 2. The number of hydrogen-bond donors (Lipinski definition) is 2. The Labute approximate surface area is 123 Å². The van der Waals surface area contributed by atoms with Crippen molar-refractivity contribution in [2.45, 2.75) is 18.0 Å². The van der Waals surface area contributed by atoms with Gasteiger partial charge in [0.15, 0.2) is 10.8 Å². The van der Waals surface area contributed by atoms with Gasteiger partial charge in [0.1, 0.15) is 5.65 Å². The Hall–Kier alpha value is -1.25. The fourth-order valence-electron chi connectivity index (χ4n) is 2.00. The molecule has 0 bridgehead atoms. The average Bonchev–Trinajstić information content (AvgIpc) is 2.77. The molecule has 0 spiro atoms. The molecule has 0 amide bonds. The Morgan fingerprint density at radius 3 is 2.85 bits per heavy atom. The van der Waals surface area contributed by atoms with Crippen LogP contribution < -0.4 is 10.0 Å². The van der Waals surface area contributed by atoms with Crippen LogP contribution >= 0.6 is 11.8 Å².